The van der Waals surface area contributed by atoms with Gasteiger partial charge in [-0.1, -0.05) is 11.6 Å². The summed E-state index contributed by atoms with van der Waals surface area (Å²) in [6.45, 7) is 6.31. The summed E-state index contributed by atoms with van der Waals surface area (Å²) in [5.41, 5.74) is 2.17. The van der Waals surface area contributed by atoms with Crippen molar-refractivity contribution in [1.29, 1.82) is 0 Å². The first-order valence-corrected chi connectivity index (χ1v) is 6.95. The maximum atomic E-state index is 5.88. The Hall–Kier alpha value is -1.33. The fourth-order valence-electron chi connectivity index (χ4n) is 1.73. The second-order valence-electron chi connectivity index (χ2n) is 3.75. The molecule has 0 aliphatic heterocycles. The Morgan fingerprint density at radius 1 is 1.17 bits per heavy atom. The number of nitrogens with one attached hydrogen (secondary N) is 1. The number of benzene rings is 1. The van der Waals surface area contributed by atoms with Crippen LogP contribution < -0.4 is 10.2 Å². The quantitative estimate of drug-likeness (QED) is 0.906. The van der Waals surface area contributed by atoms with Gasteiger partial charge >= 0.3 is 0 Å². The van der Waals surface area contributed by atoms with Crippen LogP contribution in [0.15, 0.2) is 24.3 Å². The van der Waals surface area contributed by atoms with Crippen molar-refractivity contribution >= 4 is 40.5 Å². The molecule has 0 fully saturated rings. The molecule has 0 aliphatic rings. The highest BCUT2D eigenvalue weighted by Gasteiger charge is 2.06. The highest BCUT2D eigenvalue weighted by molar-refractivity contribution is 6.99. The number of rotatable bonds is 5. The second-order valence-corrected chi connectivity index (χ2v) is 4.63. The highest BCUT2D eigenvalue weighted by Crippen LogP contribution is 2.24. The van der Waals surface area contributed by atoms with E-state index in [1.165, 1.54) is 5.69 Å². The van der Waals surface area contributed by atoms with Crippen LogP contribution in [0.3, 0.4) is 0 Å². The van der Waals surface area contributed by atoms with Crippen LogP contribution in [0.2, 0.25) is 5.15 Å². The predicted octanol–water partition coefficient (Wildman–Crippen LogP) is 3.78. The Balaban J connectivity index is 2.10. The molecule has 6 heteroatoms. The molecule has 0 saturated heterocycles. The number of hydrogen-bond donors (Lipinski definition) is 1. The molecule has 0 bridgehead atoms. The van der Waals surface area contributed by atoms with Gasteiger partial charge in [0.15, 0.2) is 11.0 Å². The van der Waals surface area contributed by atoms with Gasteiger partial charge in [0, 0.05) is 24.5 Å². The maximum Gasteiger partial charge on any atom is 0.187 e. The zero-order valence-corrected chi connectivity index (χ0v) is 11.9. The first-order chi connectivity index (χ1) is 8.74. The molecule has 1 aromatic heterocycles. The zero-order valence-electron chi connectivity index (χ0n) is 10.4. The van der Waals surface area contributed by atoms with Crippen molar-refractivity contribution in [3.8, 4) is 0 Å². The van der Waals surface area contributed by atoms with E-state index in [4.69, 9.17) is 11.6 Å². The van der Waals surface area contributed by atoms with Crippen LogP contribution in [0.4, 0.5) is 17.2 Å². The minimum atomic E-state index is 0.410. The molecule has 2 aromatic rings. The van der Waals surface area contributed by atoms with E-state index >= 15 is 0 Å². The predicted molar refractivity (Wildman–Crippen MR) is 78.2 cm³/mol. The first kappa shape index (κ1) is 13.1. The highest BCUT2D eigenvalue weighted by atomic mass is 35.5. The van der Waals surface area contributed by atoms with E-state index in [0.717, 1.165) is 30.5 Å². The van der Waals surface area contributed by atoms with E-state index in [1.54, 1.807) is 0 Å². The van der Waals surface area contributed by atoms with Crippen molar-refractivity contribution in [2.45, 2.75) is 13.8 Å². The third-order valence-corrected chi connectivity index (χ3v) is 3.60. The van der Waals surface area contributed by atoms with Crippen molar-refractivity contribution in [2.24, 2.45) is 0 Å². The van der Waals surface area contributed by atoms with E-state index in [0.29, 0.717) is 11.0 Å². The molecule has 1 heterocycles. The molecular formula is C12H15ClN4S. The van der Waals surface area contributed by atoms with Crippen molar-refractivity contribution in [1.82, 2.24) is 8.75 Å². The topological polar surface area (TPSA) is 41.0 Å². The van der Waals surface area contributed by atoms with Gasteiger partial charge in [-0.3, -0.25) is 0 Å². The normalized spacial score (nSPS) is 10.4. The molecule has 1 N–H and O–H groups in total. The molecule has 0 aliphatic carbocycles. The van der Waals surface area contributed by atoms with Gasteiger partial charge < -0.3 is 10.2 Å². The van der Waals surface area contributed by atoms with Gasteiger partial charge in [-0.25, -0.2) is 0 Å². The van der Waals surface area contributed by atoms with Crippen LogP contribution >= 0.6 is 23.3 Å². The summed E-state index contributed by atoms with van der Waals surface area (Å²) in [7, 11) is 0. The third-order valence-electron chi connectivity index (χ3n) is 2.71. The second kappa shape index (κ2) is 6.02. The SMILES string of the molecule is CCN(CC)c1ccc(Nc2nsnc2Cl)cc1. The first-order valence-electron chi connectivity index (χ1n) is 5.84. The average Bonchev–Trinajstić information content (AvgIpc) is 2.79. The van der Waals surface area contributed by atoms with Gasteiger partial charge in [0.05, 0.1) is 11.7 Å². The lowest BCUT2D eigenvalue weighted by atomic mass is 10.2. The Morgan fingerprint density at radius 3 is 2.33 bits per heavy atom. The molecule has 0 amide bonds. The Bertz CT molecular complexity index is 493. The Morgan fingerprint density at radius 2 is 1.83 bits per heavy atom. The van der Waals surface area contributed by atoms with Crippen LogP contribution in [0, 0.1) is 0 Å². The summed E-state index contributed by atoms with van der Waals surface area (Å²) < 4.78 is 7.99. The lowest BCUT2D eigenvalue weighted by Crippen LogP contribution is -2.21. The smallest absolute Gasteiger partial charge is 0.187 e. The maximum absolute atomic E-state index is 5.88. The molecule has 2 rings (SSSR count). The number of halogens is 1. The Kier molecular flexibility index (Phi) is 4.38. The van der Waals surface area contributed by atoms with E-state index < -0.39 is 0 Å². The molecule has 96 valence electrons. The van der Waals surface area contributed by atoms with Crippen LogP contribution in [0.5, 0.6) is 0 Å². The minimum Gasteiger partial charge on any atom is -0.372 e. The molecule has 0 unspecified atom stereocenters. The summed E-state index contributed by atoms with van der Waals surface area (Å²) in [4.78, 5) is 2.29. The summed E-state index contributed by atoms with van der Waals surface area (Å²) in [6.07, 6.45) is 0. The van der Waals surface area contributed by atoms with Crippen molar-refractivity contribution in [2.75, 3.05) is 23.3 Å². The van der Waals surface area contributed by atoms with Crippen LogP contribution in [-0.2, 0) is 0 Å². The van der Waals surface area contributed by atoms with E-state index in [2.05, 4.69) is 44.9 Å². The summed E-state index contributed by atoms with van der Waals surface area (Å²) >= 11 is 6.98. The van der Waals surface area contributed by atoms with Crippen LogP contribution in [0.25, 0.3) is 0 Å². The summed E-state index contributed by atoms with van der Waals surface area (Å²) in [6, 6.07) is 8.21. The summed E-state index contributed by atoms with van der Waals surface area (Å²) in [5.74, 6) is 0.609. The van der Waals surface area contributed by atoms with Crippen molar-refractivity contribution < 1.29 is 0 Å². The van der Waals surface area contributed by atoms with E-state index in [9.17, 15) is 0 Å². The van der Waals surface area contributed by atoms with Gasteiger partial charge in [0.1, 0.15) is 0 Å². The third kappa shape index (κ3) is 2.91. The van der Waals surface area contributed by atoms with Gasteiger partial charge in [0.2, 0.25) is 0 Å². The van der Waals surface area contributed by atoms with Crippen molar-refractivity contribution in [3.63, 3.8) is 0 Å². The summed E-state index contributed by atoms with van der Waals surface area (Å²) in [5, 5.41) is 3.55. The average molecular weight is 283 g/mol. The largest absolute Gasteiger partial charge is 0.372 e. The molecular weight excluding hydrogens is 268 g/mol. The fraction of sp³-hybridized carbons (Fsp3) is 0.333. The number of nitrogens with zero attached hydrogens (tertiary/aromatic N) is 3. The van der Waals surface area contributed by atoms with Gasteiger partial charge in [-0.15, -0.1) is 0 Å². The number of anilines is 3. The monoisotopic (exact) mass is 282 g/mol. The van der Waals surface area contributed by atoms with E-state index in [-0.39, 0.29) is 0 Å². The molecule has 4 nitrogen and oxygen atoms in total. The molecule has 0 spiro atoms. The van der Waals surface area contributed by atoms with Gasteiger partial charge in [-0.2, -0.15) is 8.75 Å². The van der Waals surface area contributed by atoms with Crippen molar-refractivity contribution in [3.05, 3.63) is 29.4 Å². The Labute approximate surface area is 116 Å². The number of aromatic nitrogens is 2. The molecule has 1 aromatic carbocycles. The lowest BCUT2D eigenvalue weighted by Gasteiger charge is -2.21. The van der Waals surface area contributed by atoms with Crippen LogP contribution in [-0.4, -0.2) is 21.8 Å². The molecule has 0 saturated carbocycles. The van der Waals surface area contributed by atoms with Crippen LogP contribution in [0.1, 0.15) is 13.8 Å². The standard InChI is InChI=1S/C12H15ClN4S/c1-3-17(4-2)10-7-5-9(6-8-10)14-12-11(13)15-18-16-12/h5-8H,3-4H2,1-2H3,(H,14,16). The molecule has 18 heavy (non-hydrogen) atoms. The lowest BCUT2D eigenvalue weighted by molar-refractivity contribution is 0.866. The molecule has 0 atom stereocenters. The zero-order chi connectivity index (χ0) is 13.0. The van der Waals surface area contributed by atoms with Gasteiger partial charge in [0.25, 0.3) is 0 Å². The number of hydrogen-bond acceptors (Lipinski definition) is 5. The molecule has 0 radical (unpaired) electrons. The van der Waals surface area contributed by atoms with Gasteiger partial charge in [-0.05, 0) is 38.1 Å². The fourth-order valence-corrected chi connectivity index (χ4v) is 2.38. The van der Waals surface area contributed by atoms with E-state index in [1.807, 2.05) is 12.1 Å². The minimum absolute atomic E-state index is 0.410.